The monoisotopic (exact) mass is 424 g/mol. The van der Waals surface area contributed by atoms with Gasteiger partial charge in [-0.05, 0) is 55.3 Å². The van der Waals surface area contributed by atoms with Gasteiger partial charge in [0.1, 0.15) is 5.75 Å². The highest BCUT2D eigenvalue weighted by Gasteiger charge is 2.19. The second-order valence-corrected chi connectivity index (χ2v) is 8.41. The van der Waals surface area contributed by atoms with Crippen molar-refractivity contribution in [3.63, 3.8) is 0 Å². The third-order valence-corrected chi connectivity index (χ3v) is 6.07. The van der Waals surface area contributed by atoms with Gasteiger partial charge in [0.2, 0.25) is 0 Å². The minimum absolute atomic E-state index is 0.000479. The van der Waals surface area contributed by atoms with Crippen molar-refractivity contribution in [3.8, 4) is 5.75 Å². The first kappa shape index (κ1) is 20.4. The Morgan fingerprint density at radius 1 is 1.25 bits per heavy atom. The Labute approximate surface area is 169 Å². The average molecular weight is 425 g/mol. The summed E-state index contributed by atoms with van der Waals surface area (Å²) < 4.78 is 38.1. The fraction of sp³-hybridized carbons (Fsp3) is 0.316. The van der Waals surface area contributed by atoms with Gasteiger partial charge in [-0.1, -0.05) is 11.6 Å². The molecule has 9 heteroatoms. The van der Waals surface area contributed by atoms with Gasteiger partial charge in [0.15, 0.2) is 0 Å². The summed E-state index contributed by atoms with van der Waals surface area (Å²) in [6, 6.07) is 10.4. The highest BCUT2D eigenvalue weighted by molar-refractivity contribution is 7.92. The fourth-order valence-corrected chi connectivity index (χ4v) is 4.09. The molecule has 2 aromatic rings. The smallest absolute Gasteiger partial charge is 0.261 e. The van der Waals surface area contributed by atoms with Crippen molar-refractivity contribution in [1.29, 1.82) is 0 Å². The number of benzene rings is 2. The number of carbonyl (C=O) groups excluding carboxylic acids is 1. The summed E-state index contributed by atoms with van der Waals surface area (Å²) in [5.74, 6) is 0.168. The maximum atomic E-state index is 12.6. The normalized spacial score (nSPS) is 16.6. The first-order chi connectivity index (χ1) is 13.4. The summed E-state index contributed by atoms with van der Waals surface area (Å²) in [4.78, 5) is 12.5. The van der Waals surface area contributed by atoms with Crippen molar-refractivity contribution < 1.29 is 22.7 Å². The molecule has 0 bridgehead atoms. The van der Waals surface area contributed by atoms with Crippen molar-refractivity contribution >= 4 is 33.2 Å². The number of carbonyl (C=O) groups is 1. The molecule has 7 nitrogen and oxygen atoms in total. The number of hydrogen-bond donors (Lipinski definition) is 2. The molecule has 1 aliphatic heterocycles. The summed E-state index contributed by atoms with van der Waals surface area (Å²) >= 11 is 6.12. The molecule has 1 fully saturated rings. The van der Waals surface area contributed by atoms with Crippen LogP contribution >= 0.6 is 11.6 Å². The highest BCUT2D eigenvalue weighted by Crippen LogP contribution is 2.24. The molecule has 1 atom stereocenters. The van der Waals surface area contributed by atoms with Crippen LogP contribution in [-0.2, 0) is 14.8 Å². The van der Waals surface area contributed by atoms with Crippen molar-refractivity contribution in [2.75, 3.05) is 25.0 Å². The molecule has 2 N–H and O–H groups in total. The van der Waals surface area contributed by atoms with Crippen LogP contribution in [0.3, 0.4) is 0 Å². The number of rotatable bonds is 7. The lowest BCUT2D eigenvalue weighted by molar-refractivity contribution is 0.0858. The van der Waals surface area contributed by atoms with E-state index in [0.29, 0.717) is 18.9 Å². The third-order valence-electron chi connectivity index (χ3n) is 4.35. The molecule has 0 spiro atoms. The van der Waals surface area contributed by atoms with Crippen LogP contribution in [0.2, 0.25) is 5.02 Å². The molecule has 1 amide bonds. The zero-order chi connectivity index (χ0) is 20.1. The maximum Gasteiger partial charge on any atom is 0.261 e. The van der Waals surface area contributed by atoms with Crippen LogP contribution in [-0.4, -0.2) is 40.7 Å². The number of methoxy groups -OCH3 is 1. The highest BCUT2D eigenvalue weighted by atomic mass is 35.5. The summed E-state index contributed by atoms with van der Waals surface area (Å²) in [5, 5.41) is 3.01. The molecule has 28 heavy (non-hydrogen) atoms. The summed E-state index contributed by atoms with van der Waals surface area (Å²) in [5.41, 5.74) is 0.428. The maximum absolute atomic E-state index is 12.6. The van der Waals surface area contributed by atoms with E-state index in [1.54, 1.807) is 12.1 Å². The average Bonchev–Trinajstić information content (AvgIpc) is 3.21. The lowest BCUT2D eigenvalue weighted by Gasteiger charge is -2.13. The van der Waals surface area contributed by atoms with E-state index in [9.17, 15) is 13.2 Å². The number of amides is 1. The number of anilines is 1. The van der Waals surface area contributed by atoms with E-state index in [-0.39, 0.29) is 33.2 Å². The lowest BCUT2D eigenvalue weighted by Crippen LogP contribution is -2.32. The molecule has 0 aliphatic carbocycles. The summed E-state index contributed by atoms with van der Waals surface area (Å²) in [7, 11) is -2.32. The molecule has 0 aromatic heterocycles. The molecule has 3 rings (SSSR count). The number of hydrogen-bond acceptors (Lipinski definition) is 5. The van der Waals surface area contributed by atoms with Gasteiger partial charge >= 0.3 is 0 Å². The predicted octanol–water partition coefficient (Wildman–Crippen LogP) is 3.06. The van der Waals surface area contributed by atoms with Gasteiger partial charge in [-0.15, -0.1) is 0 Å². The van der Waals surface area contributed by atoms with Crippen LogP contribution in [0.1, 0.15) is 23.2 Å². The fourth-order valence-electron chi connectivity index (χ4n) is 2.84. The Balaban J connectivity index is 1.73. The largest absolute Gasteiger partial charge is 0.497 e. The van der Waals surface area contributed by atoms with E-state index in [2.05, 4.69) is 10.0 Å². The predicted molar refractivity (Wildman–Crippen MR) is 107 cm³/mol. The van der Waals surface area contributed by atoms with Gasteiger partial charge in [-0.25, -0.2) is 8.42 Å². The molecule has 1 aliphatic rings. The van der Waals surface area contributed by atoms with Crippen LogP contribution in [0.5, 0.6) is 5.75 Å². The van der Waals surface area contributed by atoms with Gasteiger partial charge in [-0.2, -0.15) is 0 Å². The van der Waals surface area contributed by atoms with E-state index < -0.39 is 10.0 Å². The van der Waals surface area contributed by atoms with Crippen molar-refractivity contribution in [3.05, 3.63) is 53.1 Å². The quantitative estimate of drug-likeness (QED) is 0.712. The van der Waals surface area contributed by atoms with Crippen LogP contribution < -0.4 is 14.8 Å². The standard InChI is InChI=1S/C19H21ClN2O5S/c1-26-14-5-7-16(8-6-14)28(24,25)22-13-4-9-18(20)17(11-13)19(23)21-12-15-3-2-10-27-15/h4-9,11,15,22H,2-3,10,12H2,1H3,(H,21,23)/t15-/m0/s1. The van der Waals surface area contributed by atoms with Crippen LogP contribution in [0, 0.1) is 0 Å². The zero-order valence-corrected chi connectivity index (χ0v) is 16.8. The SMILES string of the molecule is COc1ccc(S(=O)(=O)Nc2ccc(Cl)c(C(=O)NC[C@@H]3CCCO3)c2)cc1. The van der Waals surface area contributed by atoms with Gasteiger partial charge in [0.05, 0.1) is 28.7 Å². The molecule has 1 saturated heterocycles. The lowest BCUT2D eigenvalue weighted by atomic mass is 10.2. The topological polar surface area (TPSA) is 93.7 Å². The van der Waals surface area contributed by atoms with Gasteiger partial charge in [-0.3, -0.25) is 9.52 Å². The summed E-state index contributed by atoms with van der Waals surface area (Å²) in [6.45, 7) is 1.08. The first-order valence-corrected chi connectivity index (χ1v) is 10.6. The van der Waals surface area contributed by atoms with Gasteiger partial charge in [0, 0.05) is 18.8 Å². The van der Waals surface area contributed by atoms with Crippen LogP contribution in [0.25, 0.3) is 0 Å². The zero-order valence-electron chi connectivity index (χ0n) is 15.3. The number of ether oxygens (including phenoxy) is 2. The minimum Gasteiger partial charge on any atom is -0.497 e. The van der Waals surface area contributed by atoms with E-state index in [0.717, 1.165) is 12.8 Å². The van der Waals surface area contributed by atoms with E-state index in [4.69, 9.17) is 21.1 Å². The number of nitrogens with one attached hydrogen (secondary N) is 2. The molecule has 2 aromatic carbocycles. The van der Waals surface area contributed by atoms with Crippen LogP contribution in [0.4, 0.5) is 5.69 Å². The third kappa shape index (κ3) is 4.95. The molecular formula is C19H21ClN2O5S. The van der Waals surface area contributed by atoms with Gasteiger partial charge in [0.25, 0.3) is 15.9 Å². The van der Waals surface area contributed by atoms with Crippen LogP contribution in [0.15, 0.2) is 47.4 Å². The molecule has 0 radical (unpaired) electrons. The Morgan fingerprint density at radius 3 is 2.64 bits per heavy atom. The Hall–Kier alpha value is -2.29. The van der Waals surface area contributed by atoms with E-state index >= 15 is 0 Å². The number of sulfonamides is 1. The molecule has 1 heterocycles. The number of halogens is 1. The second kappa shape index (κ2) is 8.81. The molecule has 0 unspecified atom stereocenters. The summed E-state index contributed by atoms with van der Waals surface area (Å²) in [6.07, 6.45) is 1.87. The minimum atomic E-state index is -3.82. The second-order valence-electron chi connectivity index (χ2n) is 6.32. The van der Waals surface area contributed by atoms with Crippen molar-refractivity contribution in [2.45, 2.75) is 23.8 Å². The van der Waals surface area contributed by atoms with E-state index in [1.807, 2.05) is 0 Å². The van der Waals surface area contributed by atoms with Crippen molar-refractivity contribution in [1.82, 2.24) is 5.32 Å². The molecular weight excluding hydrogens is 404 g/mol. The first-order valence-electron chi connectivity index (χ1n) is 8.75. The molecule has 150 valence electrons. The Kier molecular flexibility index (Phi) is 6.43. The van der Waals surface area contributed by atoms with E-state index in [1.165, 1.54) is 37.4 Å². The van der Waals surface area contributed by atoms with Gasteiger partial charge < -0.3 is 14.8 Å². The Bertz CT molecular complexity index is 941. The van der Waals surface area contributed by atoms with Crippen molar-refractivity contribution in [2.24, 2.45) is 0 Å². The Morgan fingerprint density at radius 2 is 2.00 bits per heavy atom. The molecule has 0 saturated carbocycles.